The van der Waals surface area contributed by atoms with Gasteiger partial charge in [0.2, 0.25) is 11.9 Å². The summed E-state index contributed by atoms with van der Waals surface area (Å²) in [6.45, 7) is 6.35. The Hall–Kier alpha value is -2.38. The molecule has 1 aliphatic rings. The Morgan fingerprint density at radius 1 is 1.19 bits per heavy atom. The number of hydrogen-bond acceptors (Lipinski definition) is 5. The van der Waals surface area contributed by atoms with Crippen LogP contribution in [0.15, 0.2) is 23.5 Å². The molecule has 0 radical (unpaired) electrons. The fourth-order valence-electron chi connectivity index (χ4n) is 2.86. The van der Waals surface area contributed by atoms with E-state index in [1.165, 1.54) is 19.3 Å². The van der Waals surface area contributed by atoms with Gasteiger partial charge < -0.3 is 20.9 Å². The van der Waals surface area contributed by atoms with Crippen LogP contribution in [-0.2, 0) is 4.79 Å². The normalized spacial score (nSPS) is 15.2. The van der Waals surface area contributed by atoms with Crippen molar-refractivity contribution in [3.8, 4) is 0 Å². The lowest BCUT2D eigenvalue weighted by Gasteiger charge is -2.34. The van der Waals surface area contributed by atoms with Crippen molar-refractivity contribution in [3.63, 3.8) is 0 Å². The predicted octanol–water partition coefficient (Wildman–Crippen LogP) is 1.000. The highest BCUT2D eigenvalue weighted by Crippen LogP contribution is 2.10. The van der Waals surface area contributed by atoms with E-state index in [2.05, 4.69) is 32.1 Å². The number of nitrogens with two attached hydrogens (primary N) is 1. The summed E-state index contributed by atoms with van der Waals surface area (Å²) in [6.07, 6.45) is 8.60. The van der Waals surface area contributed by atoms with E-state index >= 15 is 0 Å². The SMILES string of the molecule is CCCCCCN=C(N)NCCC(=O)N1CCN(c2ncccn2)CC1. The first kappa shape index (κ1) is 19.9. The van der Waals surface area contributed by atoms with Crippen molar-refractivity contribution in [3.05, 3.63) is 18.5 Å². The van der Waals surface area contributed by atoms with Crippen LogP contribution in [0.2, 0.25) is 0 Å². The minimum Gasteiger partial charge on any atom is -0.370 e. The first-order chi connectivity index (χ1) is 12.7. The van der Waals surface area contributed by atoms with Crippen LogP contribution in [0.1, 0.15) is 39.0 Å². The number of aromatic nitrogens is 2. The number of piperazine rings is 1. The molecule has 0 aliphatic carbocycles. The van der Waals surface area contributed by atoms with Crippen LogP contribution in [0.25, 0.3) is 0 Å². The maximum Gasteiger partial charge on any atom is 0.225 e. The summed E-state index contributed by atoms with van der Waals surface area (Å²) in [5.41, 5.74) is 5.83. The largest absolute Gasteiger partial charge is 0.370 e. The maximum atomic E-state index is 12.3. The highest BCUT2D eigenvalue weighted by Gasteiger charge is 2.21. The summed E-state index contributed by atoms with van der Waals surface area (Å²) >= 11 is 0. The number of carbonyl (C=O) groups is 1. The number of nitrogens with zero attached hydrogens (tertiary/aromatic N) is 5. The molecule has 0 saturated carbocycles. The van der Waals surface area contributed by atoms with Crippen LogP contribution < -0.4 is 16.0 Å². The van der Waals surface area contributed by atoms with Gasteiger partial charge in [-0.15, -0.1) is 0 Å². The summed E-state index contributed by atoms with van der Waals surface area (Å²) in [5.74, 6) is 1.30. The van der Waals surface area contributed by atoms with E-state index in [0.717, 1.165) is 32.0 Å². The minimum atomic E-state index is 0.141. The smallest absolute Gasteiger partial charge is 0.225 e. The Morgan fingerprint density at radius 2 is 1.92 bits per heavy atom. The van der Waals surface area contributed by atoms with Crippen molar-refractivity contribution in [2.45, 2.75) is 39.0 Å². The molecule has 1 saturated heterocycles. The molecule has 1 aromatic rings. The highest BCUT2D eigenvalue weighted by molar-refractivity contribution is 5.80. The van der Waals surface area contributed by atoms with Gasteiger partial charge in [0, 0.05) is 58.1 Å². The molecule has 8 heteroatoms. The van der Waals surface area contributed by atoms with Gasteiger partial charge in [-0.3, -0.25) is 9.79 Å². The zero-order valence-electron chi connectivity index (χ0n) is 15.7. The van der Waals surface area contributed by atoms with E-state index in [1.54, 1.807) is 18.5 Å². The molecule has 1 amide bonds. The molecule has 2 rings (SSSR count). The summed E-state index contributed by atoms with van der Waals surface area (Å²) in [4.78, 5) is 29.1. The Balaban J connectivity index is 1.61. The molecule has 0 aromatic carbocycles. The Kier molecular flexibility index (Phi) is 8.65. The molecule has 1 aliphatic heterocycles. The van der Waals surface area contributed by atoms with Crippen molar-refractivity contribution < 1.29 is 4.79 Å². The van der Waals surface area contributed by atoms with E-state index in [-0.39, 0.29) is 5.91 Å². The molecule has 0 unspecified atom stereocenters. The molecule has 0 spiro atoms. The Bertz CT molecular complexity index is 556. The number of aliphatic imine (C=N–C) groups is 1. The number of amides is 1. The van der Waals surface area contributed by atoms with Crippen molar-refractivity contribution in [1.82, 2.24) is 20.2 Å². The van der Waals surface area contributed by atoms with E-state index in [1.807, 2.05) is 4.90 Å². The third-order valence-electron chi connectivity index (χ3n) is 4.41. The second-order valence-corrected chi connectivity index (χ2v) is 6.42. The van der Waals surface area contributed by atoms with Gasteiger partial charge in [0.1, 0.15) is 0 Å². The molecule has 2 heterocycles. The lowest BCUT2D eigenvalue weighted by Crippen LogP contribution is -2.49. The number of guanidine groups is 1. The number of anilines is 1. The molecular weight excluding hydrogens is 330 g/mol. The fourth-order valence-corrected chi connectivity index (χ4v) is 2.86. The summed E-state index contributed by atoms with van der Waals surface area (Å²) in [5, 5.41) is 3.03. The summed E-state index contributed by atoms with van der Waals surface area (Å²) in [7, 11) is 0. The number of rotatable bonds is 9. The van der Waals surface area contributed by atoms with E-state index in [4.69, 9.17) is 5.73 Å². The summed E-state index contributed by atoms with van der Waals surface area (Å²) < 4.78 is 0. The lowest BCUT2D eigenvalue weighted by atomic mass is 10.2. The second-order valence-electron chi connectivity index (χ2n) is 6.42. The van der Waals surface area contributed by atoms with E-state index in [9.17, 15) is 4.79 Å². The summed E-state index contributed by atoms with van der Waals surface area (Å²) in [6, 6.07) is 1.80. The molecule has 3 N–H and O–H groups in total. The maximum absolute atomic E-state index is 12.3. The van der Waals surface area contributed by atoms with Gasteiger partial charge in [0.15, 0.2) is 5.96 Å². The number of hydrogen-bond donors (Lipinski definition) is 2. The molecule has 0 bridgehead atoms. The predicted molar refractivity (Wildman–Crippen MR) is 104 cm³/mol. The van der Waals surface area contributed by atoms with Crippen LogP contribution in [0.5, 0.6) is 0 Å². The van der Waals surface area contributed by atoms with Gasteiger partial charge >= 0.3 is 0 Å². The molecule has 0 atom stereocenters. The first-order valence-electron chi connectivity index (χ1n) is 9.54. The zero-order chi connectivity index (χ0) is 18.6. The third-order valence-corrected chi connectivity index (χ3v) is 4.41. The quantitative estimate of drug-likeness (QED) is 0.387. The molecule has 8 nitrogen and oxygen atoms in total. The molecule has 1 aromatic heterocycles. The van der Waals surface area contributed by atoms with E-state index in [0.29, 0.717) is 32.0 Å². The van der Waals surface area contributed by atoms with Crippen molar-refractivity contribution in [2.75, 3.05) is 44.2 Å². The highest BCUT2D eigenvalue weighted by atomic mass is 16.2. The van der Waals surface area contributed by atoms with Crippen LogP contribution >= 0.6 is 0 Å². The number of unbranched alkanes of at least 4 members (excludes halogenated alkanes) is 3. The average Bonchev–Trinajstić information content (AvgIpc) is 2.68. The van der Waals surface area contributed by atoms with Crippen LogP contribution in [0.4, 0.5) is 5.95 Å². The zero-order valence-corrected chi connectivity index (χ0v) is 15.7. The van der Waals surface area contributed by atoms with Crippen LogP contribution in [0.3, 0.4) is 0 Å². The second kappa shape index (κ2) is 11.3. The van der Waals surface area contributed by atoms with Gasteiger partial charge in [-0.05, 0) is 12.5 Å². The average molecular weight is 361 g/mol. The van der Waals surface area contributed by atoms with E-state index < -0.39 is 0 Å². The molecular formula is C18H31N7O. The molecule has 144 valence electrons. The van der Waals surface area contributed by atoms with Crippen LogP contribution in [-0.4, -0.2) is 66.0 Å². The molecule has 1 fully saturated rings. The lowest BCUT2D eigenvalue weighted by molar-refractivity contribution is -0.131. The van der Waals surface area contributed by atoms with Crippen molar-refractivity contribution >= 4 is 17.8 Å². The Morgan fingerprint density at radius 3 is 2.62 bits per heavy atom. The standard InChI is InChI=1S/C18H31N7O/c1-2-3-4-5-8-20-17(19)21-11-7-16(26)24-12-14-25(15-13-24)18-22-9-6-10-23-18/h6,9-10H,2-5,7-8,11-15H2,1H3,(H3,19,20,21). The third kappa shape index (κ3) is 6.85. The van der Waals surface area contributed by atoms with Crippen molar-refractivity contribution in [1.29, 1.82) is 0 Å². The topological polar surface area (TPSA) is 99.7 Å². The van der Waals surface area contributed by atoms with Crippen molar-refractivity contribution in [2.24, 2.45) is 10.7 Å². The van der Waals surface area contributed by atoms with Gasteiger partial charge in [-0.1, -0.05) is 26.2 Å². The number of nitrogens with one attached hydrogen (secondary N) is 1. The monoisotopic (exact) mass is 361 g/mol. The van der Waals surface area contributed by atoms with Gasteiger partial charge in [0.25, 0.3) is 0 Å². The van der Waals surface area contributed by atoms with Gasteiger partial charge in [0.05, 0.1) is 0 Å². The van der Waals surface area contributed by atoms with Gasteiger partial charge in [-0.25, -0.2) is 9.97 Å². The fraction of sp³-hybridized carbons (Fsp3) is 0.667. The first-order valence-corrected chi connectivity index (χ1v) is 9.54. The molecule has 26 heavy (non-hydrogen) atoms. The minimum absolute atomic E-state index is 0.141. The number of carbonyl (C=O) groups excluding carboxylic acids is 1. The Labute approximate surface area is 155 Å². The van der Waals surface area contributed by atoms with Crippen LogP contribution in [0, 0.1) is 0 Å². The van der Waals surface area contributed by atoms with Gasteiger partial charge in [-0.2, -0.15) is 0 Å².